The summed E-state index contributed by atoms with van der Waals surface area (Å²) in [7, 11) is -2.73. The Morgan fingerprint density at radius 3 is 2.43 bits per heavy atom. The molecule has 1 fully saturated rings. The maximum Gasteiger partial charge on any atom is 0.338 e. The third-order valence-corrected chi connectivity index (χ3v) is 5.76. The highest BCUT2D eigenvalue weighted by atomic mass is 32.2. The highest BCUT2D eigenvalue weighted by molar-refractivity contribution is 7.92. The van der Waals surface area contributed by atoms with Crippen molar-refractivity contribution in [2.75, 3.05) is 23.3 Å². The van der Waals surface area contributed by atoms with Crippen LogP contribution >= 0.6 is 0 Å². The van der Waals surface area contributed by atoms with Crippen LogP contribution in [0.4, 0.5) is 11.4 Å². The lowest BCUT2D eigenvalue weighted by molar-refractivity contribution is -0.121. The highest BCUT2D eigenvalue weighted by Gasteiger charge is 2.33. The zero-order chi connectivity index (χ0) is 21.9. The molecule has 2 aromatic rings. The summed E-state index contributed by atoms with van der Waals surface area (Å²) in [6, 6.07) is 9.74. The fourth-order valence-electron chi connectivity index (χ4n) is 3.00. The first-order valence-electron chi connectivity index (χ1n) is 9.10. The number of methoxy groups -OCH3 is 1. The molecule has 10 heteroatoms. The van der Waals surface area contributed by atoms with Crippen LogP contribution in [-0.4, -0.2) is 39.9 Å². The van der Waals surface area contributed by atoms with Gasteiger partial charge < -0.3 is 9.47 Å². The molecule has 1 heterocycles. The molecule has 0 radical (unpaired) electrons. The van der Waals surface area contributed by atoms with E-state index < -0.39 is 27.8 Å². The van der Waals surface area contributed by atoms with Crippen LogP contribution in [0.2, 0.25) is 0 Å². The zero-order valence-electron chi connectivity index (χ0n) is 16.4. The second kappa shape index (κ2) is 8.54. The third-order valence-electron chi connectivity index (χ3n) is 4.38. The van der Waals surface area contributed by atoms with E-state index in [2.05, 4.69) is 4.72 Å². The first-order valence-corrected chi connectivity index (χ1v) is 10.6. The van der Waals surface area contributed by atoms with Crippen LogP contribution in [0.3, 0.4) is 0 Å². The van der Waals surface area contributed by atoms with Crippen LogP contribution in [0.15, 0.2) is 47.4 Å². The number of amides is 2. The molecule has 1 saturated heterocycles. The van der Waals surface area contributed by atoms with Gasteiger partial charge in [0.15, 0.2) is 0 Å². The number of imide groups is 1. The topological polar surface area (TPSA) is 119 Å². The average molecular weight is 432 g/mol. The van der Waals surface area contributed by atoms with E-state index in [0.717, 1.165) is 4.90 Å². The Morgan fingerprint density at radius 1 is 1.10 bits per heavy atom. The van der Waals surface area contributed by atoms with Gasteiger partial charge in [0.1, 0.15) is 5.75 Å². The molecule has 0 atom stereocenters. The molecule has 1 N–H and O–H groups in total. The molecule has 9 nitrogen and oxygen atoms in total. The Kier molecular flexibility index (Phi) is 6.06. The molecule has 158 valence electrons. The van der Waals surface area contributed by atoms with E-state index in [4.69, 9.17) is 9.47 Å². The molecular formula is C20H20N2O7S. The Bertz CT molecular complexity index is 1100. The van der Waals surface area contributed by atoms with Gasteiger partial charge >= 0.3 is 5.97 Å². The Balaban J connectivity index is 1.94. The summed E-state index contributed by atoms with van der Waals surface area (Å²) in [5, 5.41) is 0. The molecule has 0 spiro atoms. The summed E-state index contributed by atoms with van der Waals surface area (Å²) >= 11 is 0. The Labute approximate surface area is 173 Å². The number of ether oxygens (including phenoxy) is 2. The predicted molar refractivity (Wildman–Crippen MR) is 108 cm³/mol. The largest absolute Gasteiger partial charge is 0.495 e. The number of nitrogens with zero attached hydrogens (tertiary/aromatic N) is 1. The summed E-state index contributed by atoms with van der Waals surface area (Å²) in [4.78, 5) is 36.8. The van der Waals surface area contributed by atoms with Crippen LogP contribution < -0.4 is 14.4 Å². The number of carbonyl (C=O) groups is 3. The van der Waals surface area contributed by atoms with Gasteiger partial charge in [0.25, 0.3) is 10.0 Å². The molecule has 2 aromatic carbocycles. The molecule has 0 bridgehead atoms. The average Bonchev–Trinajstić information content (AvgIpc) is 3.05. The number of hydrogen-bond donors (Lipinski definition) is 1. The van der Waals surface area contributed by atoms with Crippen LogP contribution in [0, 0.1) is 0 Å². The van der Waals surface area contributed by atoms with E-state index in [9.17, 15) is 22.8 Å². The van der Waals surface area contributed by atoms with Gasteiger partial charge in [0.2, 0.25) is 11.8 Å². The van der Waals surface area contributed by atoms with E-state index in [1.54, 1.807) is 6.92 Å². The number of nitrogens with one attached hydrogen (secondary N) is 1. The van der Waals surface area contributed by atoms with Gasteiger partial charge in [0, 0.05) is 18.5 Å². The van der Waals surface area contributed by atoms with E-state index >= 15 is 0 Å². The van der Waals surface area contributed by atoms with E-state index in [1.807, 2.05) is 0 Å². The van der Waals surface area contributed by atoms with Gasteiger partial charge in [-0.1, -0.05) is 6.07 Å². The molecular weight excluding hydrogens is 412 g/mol. The van der Waals surface area contributed by atoms with Crippen LogP contribution in [0.5, 0.6) is 5.75 Å². The van der Waals surface area contributed by atoms with E-state index in [0.29, 0.717) is 0 Å². The minimum absolute atomic E-state index is 0.0534. The SMILES string of the molecule is CCOC(=O)c1cccc(NS(=O)(=O)c2ccc(OC)c(N3C(=O)CCC3=O)c2)c1. The predicted octanol–water partition coefficient (Wildman–Crippen LogP) is 2.33. The lowest BCUT2D eigenvalue weighted by atomic mass is 10.2. The van der Waals surface area contributed by atoms with Crippen molar-refractivity contribution in [1.29, 1.82) is 0 Å². The van der Waals surface area contributed by atoms with Crippen molar-refractivity contribution in [2.24, 2.45) is 0 Å². The van der Waals surface area contributed by atoms with Crippen molar-refractivity contribution in [1.82, 2.24) is 0 Å². The van der Waals surface area contributed by atoms with E-state index in [-0.39, 0.29) is 47.0 Å². The standard InChI is InChI=1S/C20H20N2O7S/c1-3-29-20(25)13-5-4-6-14(11-13)21-30(26,27)15-7-8-17(28-2)16(12-15)22-18(23)9-10-19(22)24/h4-8,11-12,21H,3,9-10H2,1-2H3. The number of carbonyl (C=O) groups excluding carboxylic acids is 3. The van der Waals surface area contributed by atoms with Gasteiger partial charge in [-0.15, -0.1) is 0 Å². The molecule has 1 aliphatic rings. The van der Waals surface area contributed by atoms with Gasteiger partial charge in [-0.2, -0.15) is 0 Å². The number of esters is 1. The molecule has 0 saturated carbocycles. The van der Waals surface area contributed by atoms with Gasteiger partial charge in [-0.3, -0.25) is 14.3 Å². The maximum atomic E-state index is 12.9. The lowest BCUT2D eigenvalue weighted by Crippen LogP contribution is -2.29. The lowest BCUT2D eigenvalue weighted by Gasteiger charge is -2.18. The molecule has 3 rings (SSSR count). The second-order valence-electron chi connectivity index (χ2n) is 6.36. The van der Waals surface area contributed by atoms with Crippen LogP contribution in [0.25, 0.3) is 0 Å². The number of rotatable bonds is 7. The summed E-state index contributed by atoms with van der Waals surface area (Å²) in [5.74, 6) is -1.23. The van der Waals surface area contributed by atoms with Crippen molar-refractivity contribution >= 4 is 39.2 Å². The van der Waals surface area contributed by atoms with E-state index in [1.165, 1.54) is 49.6 Å². The minimum atomic E-state index is -4.09. The highest BCUT2D eigenvalue weighted by Crippen LogP contribution is 2.34. The third kappa shape index (κ3) is 4.28. The molecule has 2 amide bonds. The zero-order valence-corrected chi connectivity index (χ0v) is 17.2. The molecule has 0 unspecified atom stereocenters. The molecule has 0 aliphatic carbocycles. The molecule has 0 aromatic heterocycles. The summed E-state index contributed by atoms with van der Waals surface area (Å²) in [6.07, 6.45) is 0.107. The van der Waals surface area contributed by atoms with Crippen molar-refractivity contribution < 1.29 is 32.3 Å². The van der Waals surface area contributed by atoms with Crippen molar-refractivity contribution in [2.45, 2.75) is 24.7 Å². The first-order chi connectivity index (χ1) is 14.3. The summed E-state index contributed by atoms with van der Waals surface area (Å²) < 4.78 is 38.3. The van der Waals surface area contributed by atoms with Crippen molar-refractivity contribution in [3.05, 3.63) is 48.0 Å². The van der Waals surface area contributed by atoms with Crippen molar-refractivity contribution in [3.63, 3.8) is 0 Å². The monoisotopic (exact) mass is 432 g/mol. The number of benzene rings is 2. The van der Waals surface area contributed by atoms with Gasteiger partial charge in [-0.25, -0.2) is 18.1 Å². The number of anilines is 2. The number of hydrogen-bond acceptors (Lipinski definition) is 7. The first kappa shape index (κ1) is 21.3. The van der Waals surface area contributed by atoms with Gasteiger partial charge in [-0.05, 0) is 43.3 Å². The minimum Gasteiger partial charge on any atom is -0.495 e. The van der Waals surface area contributed by atoms with Crippen LogP contribution in [-0.2, 0) is 24.3 Å². The fourth-order valence-corrected chi connectivity index (χ4v) is 4.06. The number of sulfonamides is 1. The van der Waals surface area contributed by atoms with Crippen molar-refractivity contribution in [3.8, 4) is 5.75 Å². The normalized spacial score (nSPS) is 14.0. The fraction of sp³-hybridized carbons (Fsp3) is 0.250. The van der Waals surface area contributed by atoms with Gasteiger partial charge in [0.05, 0.1) is 29.9 Å². The Morgan fingerprint density at radius 2 is 1.80 bits per heavy atom. The maximum absolute atomic E-state index is 12.9. The summed E-state index contributed by atoms with van der Waals surface area (Å²) in [5.41, 5.74) is 0.417. The second-order valence-corrected chi connectivity index (χ2v) is 8.05. The smallest absolute Gasteiger partial charge is 0.338 e. The summed E-state index contributed by atoms with van der Waals surface area (Å²) in [6.45, 7) is 1.86. The van der Waals surface area contributed by atoms with Crippen LogP contribution in [0.1, 0.15) is 30.1 Å². The molecule has 1 aliphatic heterocycles. The quantitative estimate of drug-likeness (QED) is 0.527. The molecule has 30 heavy (non-hydrogen) atoms. The Hall–Kier alpha value is -3.40.